The number of benzene rings is 1. The van der Waals surface area contributed by atoms with Crippen LogP contribution in [0.25, 0.3) is 0 Å². The number of hydrogen-bond acceptors (Lipinski definition) is 5. The number of rotatable bonds is 5. The van der Waals surface area contributed by atoms with Crippen LogP contribution in [0.5, 0.6) is 0 Å². The van der Waals surface area contributed by atoms with E-state index in [9.17, 15) is 19.8 Å². The summed E-state index contributed by atoms with van der Waals surface area (Å²) in [7, 11) is 0. The summed E-state index contributed by atoms with van der Waals surface area (Å²) in [5, 5.41) is 25.6. The standard InChI is InChI=1S/C15H20N2O5/c1-10(18)16-7-12-13(19)15(21,9-22-12)8-17-14(20)11-5-3-2-4-6-11/h2-6,12-13,19,21H,7-9H2,1H3,(H,16,18)(H,17,20)/t12-,13-,15+/m1/s1. The SMILES string of the molecule is CC(=O)NC[C@H]1OC[C@@](O)(CNC(=O)c2ccccc2)[C@@H]1O. The van der Waals surface area contributed by atoms with Gasteiger partial charge in [0.1, 0.15) is 17.8 Å². The third-order valence-electron chi connectivity index (χ3n) is 3.59. The molecule has 0 aromatic heterocycles. The Kier molecular flexibility index (Phi) is 5.12. The van der Waals surface area contributed by atoms with Gasteiger partial charge in [0.25, 0.3) is 5.91 Å². The van der Waals surface area contributed by atoms with Crippen LogP contribution < -0.4 is 10.6 Å². The van der Waals surface area contributed by atoms with E-state index in [4.69, 9.17) is 4.74 Å². The third-order valence-corrected chi connectivity index (χ3v) is 3.59. The Hall–Kier alpha value is -1.96. The molecule has 1 saturated heterocycles. The van der Waals surface area contributed by atoms with E-state index in [2.05, 4.69) is 10.6 Å². The van der Waals surface area contributed by atoms with Gasteiger partial charge in [0.2, 0.25) is 5.91 Å². The zero-order valence-electron chi connectivity index (χ0n) is 12.3. The summed E-state index contributed by atoms with van der Waals surface area (Å²) in [5.41, 5.74) is -1.11. The van der Waals surface area contributed by atoms with Crippen molar-refractivity contribution in [2.45, 2.75) is 24.7 Å². The minimum atomic E-state index is -1.58. The molecular formula is C15H20N2O5. The van der Waals surface area contributed by atoms with E-state index in [1.807, 2.05) is 0 Å². The summed E-state index contributed by atoms with van der Waals surface area (Å²) in [4.78, 5) is 22.8. The fourth-order valence-corrected chi connectivity index (χ4v) is 2.27. The zero-order valence-corrected chi connectivity index (χ0v) is 12.3. The van der Waals surface area contributed by atoms with E-state index in [0.29, 0.717) is 5.56 Å². The number of ether oxygens (including phenoxy) is 1. The van der Waals surface area contributed by atoms with Crippen LogP contribution in [0.3, 0.4) is 0 Å². The summed E-state index contributed by atoms with van der Waals surface area (Å²) in [6.45, 7) is 1.20. The fraction of sp³-hybridized carbons (Fsp3) is 0.467. The number of carbonyl (C=O) groups excluding carboxylic acids is 2. The predicted octanol–water partition coefficient (Wildman–Crippen LogP) is -0.957. The molecule has 1 aliphatic heterocycles. The lowest BCUT2D eigenvalue weighted by molar-refractivity contribution is -0.119. The molecule has 0 unspecified atom stereocenters. The molecule has 0 spiro atoms. The van der Waals surface area contributed by atoms with Crippen molar-refractivity contribution in [2.24, 2.45) is 0 Å². The van der Waals surface area contributed by atoms with Gasteiger partial charge >= 0.3 is 0 Å². The summed E-state index contributed by atoms with van der Waals surface area (Å²) in [5.74, 6) is -0.588. The molecule has 22 heavy (non-hydrogen) atoms. The van der Waals surface area contributed by atoms with Gasteiger partial charge in [0.15, 0.2) is 0 Å². The van der Waals surface area contributed by atoms with Crippen LogP contribution in [0, 0.1) is 0 Å². The molecule has 0 bridgehead atoms. The molecule has 2 rings (SSSR count). The molecule has 4 N–H and O–H groups in total. The van der Waals surface area contributed by atoms with Crippen LogP contribution in [-0.4, -0.2) is 59.5 Å². The van der Waals surface area contributed by atoms with Crippen molar-refractivity contribution in [1.29, 1.82) is 0 Å². The molecule has 1 aromatic rings. The minimum Gasteiger partial charge on any atom is -0.387 e. The summed E-state index contributed by atoms with van der Waals surface area (Å²) in [6.07, 6.45) is -1.90. The van der Waals surface area contributed by atoms with Crippen LogP contribution in [0.4, 0.5) is 0 Å². The number of carbonyl (C=O) groups is 2. The first kappa shape index (κ1) is 16.4. The Bertz CT molecular complexity index is 536. The summed E-state index contributed by atoms with van der Waals surface area (Å²) >= 11 is 0. The molecule has 7 heteroatoms. The van der Waals surface area contributed by atoms with Crippen molar-refractivity contribution < 1.29 is 24.5 Å². The van der Waals surface area contributed by atoms with Gasteiger partial charge in [-0.05, 0) is 12.1 Å². The van der Waals surface area contributed by atoms with Crippen molar-refractivity contribution in [1.82, 2.24) is 10.6 Å². The van der Waals surface area contributed by atoms with E-state index < -0.39 is 17.8 Å². The first-order valence-electron chi connectivity index (χ1n) is 7.02. The maximum atomic E-state index is 11.9. The highest BCUT2D eigenvalue weighted by atomic mass is 16.5. The van der Waals surface area contributed by atoms with E-state index >= 15 is 0 Å². The first-order chi connectivity index (χ1) is 10.4. The highest BCUT2D eigenvalue weighted by molar-refractivity contribution is 5.94. The molecule has 1 fully saturated rings. The van der Waals surface area contributed by atoms with Gasteiger partial charge in [-0.1, -0.05) is 18.2 Å². The van der Waals surface area contributed by atoms with Gasteiger partial charge in [-0.15, -0.1) is 0 Å². The largest absolute Gasteiger partial charge is 0.387 e. The van der Waals surface area contributed by atoms with Gasteiger partial charge in [0, 0.05) is 19.0 Å². The van der Waals surface area contributed by atoms with Gasteiger partial charge < -0.3 is 25.6 Å². The summed E-state index contributed by atoms with van der Waals surface area (Å²) in [6, 6.07) is 8.58. The van der Waals surface area contributed by atoms with E-state index in [1.54, 1.807) is 30.3 Å². The number of amides is 2. The van der Waals surface area contributed by atoms with Gasteiger partial charge in [-0.3, -0.25) is 9.59 Å². The van der Waals surface area contributed by atoms with Crippen molar-refractivity contribution in [3.63, 3.8) is 0 Å². The Morgan fingerprint density at radius 3 is 2.64 bits per heavy atom. The molecule has 0 aliphatic carbocycles. The average molecular weight is 308 g/mol. The lowest BCUT2D eigenvalue weighted by atomic mass is 9.96. The molecule has 120 valence electrons. The maximum Gasteiger partial charge on any atom is 0.251 e. The zero-order chi connectivity index (χ0) is 16.2. The van der Waals surface area contributed by atoms with Crippen LogP contribution >= 0.6 is 0 Å². The van der Waals surface area contributed by atoms with Crippen molar-refractivity contribution in [3.8, 4) is 0 Å². The average Bonchev–Trinajstić information content (AvgIpc) is 2.80. The lowest BCUT2D eigenvalue weighted by Gasteiger charge is -2.26. The Balaban J connectivity index is 1.89. The Morgan fingerprint density at radius 1 is 1.32 bits per heavy atom. The first-order valence-corrected chi connectivity index (χ1v) is 7.02. The highest BCUT2D eigenvalue weighted by Crippen LogP contribution is 2.24. The molecular weight excluding hydrogens is 288 g/mol. The normalized spacial score (nSPS) is 27.4. The molecule has 1 heterocycles. The van der Waals surface area contributed by atoms with Gasteiger partial charge in [0.05, 0.1) is 13.2 Å². The fourth-order valence-electron chi connectivity index (χ4n) is 2.27. The quantitative estimate of drug-likeness (QED) is 0.560. The molecule has 2 amide bonds. The van der Waals surface area contributed by atoms with Crippen molar-refractivity contribution >= 4 is 11.8 Å². The molecule has 1 aliphatic rings. The predicted molar refractivity (Wildman–Crippen MR) is 78.2 cm³/mol. The Morgan fingerprint density at radius 2 is 2.00 bits per heavy atom. The molecule has 3 atom stereocenters. The minimum absolute atomic E-state index is 0.103. The number of nitrogens with one attached hydrogen (secondary N) is 2. The smallest absolute Gasteiger partial charge is 0.251 e. The Labute approximate surface area is 128 Å². The van der Waals surface area contributed by atoms with Gasteiger partial charge in [-0.25, -0.2) is 0 Å². The van der Waals surface area contributed by atoms with Crippen LogP contribution in [0.15, 0.2) is 30.3 Å². The summed E-state index contributed by atoms with van der Waals surface area (Å²) < 4.78 is 5.30. The molecule has 0 saturated carbocycles. The number of aliphatic hydroxyl groups excluding tert-OH is 1. The van der Waals surface area contributed by atoms with E-state index in [-0.39, 0.29) is 31.5 Å². The highest BCUT2D eigenvalue weighted by Gasteiger charge is 2.47. The lowest BCUT2D eigenvalue weighted by Crippen LogP contribution is -2.53. The number of aliphatic hydroxyl groups is 2. The van der Waals surface area contributed by atoms with Gasteiger partial charge in [-0.2, -0.15) is 0 Å². The number of hydrogen-bond donors (Lipinski definition) is 4. The maximum absolute atomic E-state index is 11.9. The topological polar surface area (TPSA) is 108 Å². The van der Waals surface area contributed by atoms with Crippen molar-refractivity contribution in [2.75, 3.05) is 19.7 Å². The van der Waals surface area contributed by atoms with E-state index in [0.717, 1.165) is 0 Å². The second kappa shape index (κ2) is 6.87. The second-order valence-electron chi connectivity index (χ2n) is 5.38. The molecule has 7 nitrogen and oxygen atoms in total. The van der Waals surface area contributed by atoms with Crippen LogP contribution in [-0.2, 0) is 9.53 Å². The van der Waals surface area contributed by atoms with E-state index in [1.165, 1.54) is 6.92 Å². The molecule has 0 radical (unpaired) electrons. The van der Waals surface area contributed by atoms with Crippen LogP contribution in [0.2, 0.25) is 0 Å². The van der Waals surface area contributed by atoms with Crippen LogP contribution in [0.1, 0.15) is 17.3 Å². The molecule has 1 aromatic carbocycles. The third kappa shape index (κ3) is 3.82. The second-order valence-corrected chi connectivity index (χ2v) is 5.38. The van der Waals surface area contributed by atoms with Crippen molar-refractivity contribution in [3.05, 3.63) is 35.9 Å². The monoisotopic (exact) mass is 308 g/mol.